The minimum absolute atomic E-state index is 0.144. The summed E-state index contributed by atoms with van der Waals surface area (Å²) in [6.07, 6.45) is 1.36. The van der Waals surface area contributed by atoms with Gasteiger partial charge in [0.15, 0.2) is 11.5 Å². The SMILES string of the molecule is CCOC(=O)C(=Cc1cc(OC)c(OC)c(OC)c1)C(=O)OCC. The second-order valence-electron chi connectivity index (χ2n) is 4.46. The lowest BCUT2D eigenvalue weighted by Gasteiger charge is -2.13. The van der Waals surface area contributed by atoms with E-state index < -0.39 is 11.9 Å². The summed E-state index contributed by atoms with van der Waals surface area (Å²) in [5, 5.41) is 0. The second kappa shape index (κ2) is 9.44. The van der Waals surface area contributed by atoms with E-state index in [2.05, 4.69) is 0 Å². The Balaban J connectivity index is 3.39. The van der Waals surface area contributed by atoms with Gasteiger partial charge >= 0.3 is 11.9 Å². The number of esters is 2. The molecular weight excluding hydrogens is 316 g/mol. The van der Waals surface area contributed by atoms with Crippen LogP contribution in [0.25, 0.3) is 6.08 Å². The maximum Gasteiger partial charge on any atom is 0.345 e. The van der Waals surface area contributed by atoms with Gasteiger partial charge in [-0.2, -0.15) is 0 Å². The predicted molar refractivity (Wildman–Crippen MR) is 87.3 cm³/mol. The van der Waals surface area contributed by atoms with Crippen molar-refractivity contribution in [1.82, 2.24) is 0 Å². The Morgan fingerprint density at radius 3 is 1.67 bits per heavy atom. The molecule has 1 aromatic rings. The molecule has 0 aliphatic rings. The summed E-state index contributed by atoms with van der Waals surface area (Å²) >= 11 is 0. The molecule has 0 aromatic heterocycles. The Hall–Kier alpha value is -2.70. The van der Waals surface area contributed by atoms with E-state index in [1.165, 1.54) is 27.4 Å². The van der Waals surface area contributed by atoms with Gasteiger partial charge in [0.2, 0.25) is 5.75 Å². The van der Waals surface area contributed by atoms with Crippen LogP contribution in [0.15, 0.2) is 17.7 Å². The molecule has 0 unspecified atom stereocenters. The van der Waals surface area contributed by atoms with E-state index in [1.807, 2.05) is 0 Å². The molecule has 132 valence electrons. The van der Waals surface area contributed by atoms with Gasteiger partial charge in [0, 0.05) is 0 Å². The molecule has 0 fully saturated rings. The van der Waals surface area contributed by atoms with E-state index in [4.69, 9.17) is 23.7 Å². The van der Waals surface area contributed by atoms with E-state index in [0.717, 1.165) is 0 Å². The number of carbonyl (C=O) groups is 2. The predicted octanol–water partition coefficient (Wildman–Crippen LogP) is 2.22. The second-order valence-corrected chi connectivity index (χ2v) is 4.46. The highest BCUT2D eigenvalue weighted by atomic mass is 16.6. The van der Waals surface area contributed by atoms with Gasteiger partial charge in [-0.05, 0) is 37.6 Å². The third-order valence-electron chi connectivity index (χ3n) is 2.99. The number of hydrogen-bond donors (Lipinski definition) is 0. The van der Waals surface area contributed by atoms with Crippen molar-refractivity contribution in [2.24, 2.45) is 0 Å². The molecule has 0 saturated carbocycles. The van der Waals surface area contributed by atoms with Crippen molar-refractivity contribution in [2.45, 2.75) is 13.8 Å². The highest BCUT2D eigenvalue weighted by Gasteiger charge is 2.22. The van der Waals surface area contributed by atoms with Gasteiger partial charge in [0.05, 0.1) is 34.5 Å². The summed E-state index contributed by atoms with van der Waals surface area (Å²) in [6.45, 7) is 3.59. The smallest absolute Gasteiger partial charge is 0.345 e. The lowest BCUT2D eigenvalue weighted by atomic mass is 10.1. The van der Waals surface area contributed by atoms with Gasteiger partial charge < -0.3 is 23.7 Å². The van der Waals surface area contributed by atoms with Crippen LogP contribution < -0.4 is 14.2 Å². The van der Waals surface area contributed by atoms with E-state index in [1.54, 1.807) is 26.0 Å². The average Bonchev–Trinajstić information content (AvgIpc) is 2.58. The quantitative estimate of drug-likeness (QED) is 0.311. The molecule has 0 amide bonds. The number of methoxy groups -OCH3 is 3. The first-order valence-corrected chi connectivity index (χ1v) is 7.38. The average molecular weight is 338 g/mol. The maximum absolute atomic E-state index is 12.0. The number of ether oxygens (including phenoxy) is 5. The minimum Gasteiger partial charge on any atom is -0.493 e. The van der Waals surface area contributed by atoms with Crippen molar-refractivity contribution in [3.05, 3.63) is 23.3 Å². The van der Waals surface area contributed by atoms with Gasteiger partial charge in [0.25, 0.3) is 0 Å². The van der Waals surface area contributed by atoms with Gasteiger partial charge in [0.1, 0.15) is 5.57 Å². The van der Waals surface area contributed by atoms with Crippen LogP contribution in [0.5, 0.6) is 17.2 Å². The number of benzene rings is 1. The first kappa shape index (κ1) is 19.3. The molecule has 0 aliphatic heterocycles. The lowest BCUT2D eigenvalue weighted by molar-refractivity contribution is -0.146. The van der Waals surface area contributed by atoms with Crippen LogP contribution in [-0.4, -0.2) is 46.5 Å². The molecule has 0 heterocycles. The summed E-state index contributed by atoms with van der Waals surface area (Å²) in [5.74, 6) is -0.314. The zero-order valence-corrected chi connectivity index (χ0v) is 14.5. The first-order chi connectivity index (χ1) is 11.5. The lowest BCUT2D eigenvalue weighted by Crippen LogP contribution is -2.18. The van der Waals surface area contributed by atoms with E-state index in [0.29, 0.717) is 22.8 Å². The normalized spacial score (nSPS) is 9.71. The monoisotopic (exact) mass is 338 g/mol. The van der Waals surface area contributed by atoms with Gasteiger partial charge in [-0.15, -0.1) is 0 Å². The fraction of sp³-hybridized carbons (Fsp3) is 0.412. The Morgan fingerprint density at radius 2 is 1.33 bits per heavy atom. The zero-order chi connectivity index (χ0) is 18.1. The Bertz CT molecular complexity index is 574. The highest BCUT2D eigenvalue weighted by Crippen LogP contribution is 2.38. The fourth-order valence-electron chi connectivity index (χ4n) is 1.97. The Kier molecular flexibility index (Phi) is 7.61. The minimum atomic E-state index is -0.760. The third kappa shape index (κ3) is 4.65. The van der Waals surface area contributed by atoms with Crippen molar-refractivity contribution < 1.29 is 33.3 Å². The van der Waals surface area contributed by atoms with Crippen LogP contribution in [0.4, 0.5) is 0 Å². The molecule has 24 heavy (non-hydrogen) atoms. The Morgan fingerprint density at radius 1 is 0.875 bits per heavy atom. The standard InChI is InChI=1S/C17H22O7/c1-6-23-16(18)12(17(19)24-7-2)8-11-9-13(20-3)15(22-5)14(10-11)21-4/h8-10H,6-7H2,1-5H3. The number of carbonyl (C=O) groups excluding carboxylic acids is 2. The molecule has 0 radical (unpaired) electrons. The van der Waals surface area contributed by atoms with Crippen LogP contribution in [0.1, 0.15) is 19.4 Å². The van der Waals surface area contributed by atoms with Crippen molar-refractivity contribution in [3.8, 4) is 17.2 Å². The molecule has 0 N–H and O–H groups in total. The van der Waals surface area contributed by atoms with Crippen molar-refractivity contribution in [2.75, 3.05) is 34.5 Å². The topological polar surface area (TPSA) is 80.3 Å². The van der Waals surface area contributed by atoms with Crippen molar-refractivity contribution in [3.63, 3.8) is 0 Å². The Labute approximate surface area is 141 Å². The van der Waals surface area contributed by atoms with Crippen LogP contribution in [0, 0.1) is 0 Å². The number of rotatable bonds is 8. The van der Waals surface area contributed by atoms with Crippen molar-refractivity contribution >= 4 is 18.0 Å². The molecule has 7 nitrogen and oxygen atoms in total. The van der Waals surface area contributed by atoms with Gasteiger partial charge in [-0.1, -0.05) is 0 Å². The highest BCUT2D eigenvalue weighted by molar-refractivity contribution is 6.17. The summed E-state index contributed by atoms with van der Waals surface area (Å²) in [7, 11) is 4.43. The van der Waals surface area contributed by atoms with Crippen LogP contribution in [0.3, 0.4) is 0 Å². The zero-order valence-electron chi connectivity index (χ0n) is 14.5. The number of hydrogen-bond acceptors (Lipinski definition) is 7. The van der Waals surface area contributed by atoms with Crippen LogP contribution in [0.2, 0.25) is 0 Å². The first-order valence-electron chi connectivity index (χ1n) is 7.38. The third-order valence-corrected chi connectivity index (χ3v) is 2.99. The maximum atomic E-state index is 12.0. The van der Waals surface area contributed by atoms with Crippen molar-refractivity contribution in [1.29, 1.82) is 0 Å². The largest absolute Gasteiger partial charge is 0.493 e. The molecule has 0 atom stereocenters. The molecule has 0 spiro atoms. The van der Waals surface area contributed by atoms with Crippen LogP contribution in [-0.2, 0) is 19.1 Å². The summed E-state index contributed by atoms with van der Waals surface area (Å²) in [5.41, 5.74) is 0.286. The molecule has 1 rings (SSSR count). The summed E-state index contributed by atoms with van der Waals surface area (Å²) < 4.78 is 25.5. The van der Waals surface area contributed by atoms with Gasteiger partial charge in [-0.25, -0.2) is 9.59 Å². The summed E-state index contributed by atoms with van der Waals surface area (Å²) in [4.78, 5) is 24.0. The molecule has 0 saturated heterocycles. The van der Waals surface area contributed by atoms with E-state index in [-0.39, 0.29) is 18.8 Å². The molecular formula is C17H22O7. The van der Waals surface area contributed by atoms with E-state index in [9.17, 15) is 9.59 Å². The summed E-state index contributed by atoms with van der Waals surface area (Å²) in [6, 6.07) is 3.22. The molecule has 1 aromatic carbocycles. The van der Waals surface area contributed by atoms with E-state index >= 15 is 0 Å². The van der Waals surface area contributed by atoms with Gasteiger partial charge in [-0.3, -0.25) is 0 Å². The van der Waals surface area contributed by atoms with Crippen LogP contribution >= 0.6 is 0 Å². The molecule has 7 heteroatoms. The molecule has 0 aliphatic carbocycles. The fourth-order valence-corrected chi connectivity index (χ4v) is 1.97. The molecule has 0 bridgehead atoms.